The van der Waals surface area contributed by atoms with E-state index in [4.69, 9.17) is 23.4 Å². The molecule has 0 fully saturated rings. The maximum Gasteiger partial charge on any atom is 0.268 e. The molecule has 0 saturated heterocycles. The standard InChI is InChI=1S/C59H44N4O.Pt/c1-3-41(4-2)46-34-35-60-58(37-46)63-54-33-30-45(42-18-8-5-9-19-42)36-53(54)52-32-31-49(39-57(52)63)64-48-25-16-24-47(38-48)61-40-62(56-29-15-14-28-55(56)61)59-50(43-20-10-6-11-21-43)26-17-27-51(59)44-22-12-7-13-23-44;/h5-37,41H,3-4H2,1-2H3;/q-2;/i6D,7D,10D,11D,12D,13D,20D,21D,22D,23D;. The fourth-order valence-electron chi connectivity index (χ4n) is 8.71. The summed E-state index contributed by atoms with van der Waals surface area (Å²) in [5.74, 6) is 1.95. The number of hydrogen-bond acceptors (Lipinski definition) is 2. The van der Waals surface area contributed by atoms with Crippen LogP contribution in [-0.4, -0.2) is 14.1 Å². The van der Waals surface area contributed by atoms with Crippen LogP contribution in [0.1, 0.15) is 51.9 Å². The number of aromatic nitrogens is 4. The molecule has 0 bridgehead atoms. The fraction of sp³-hybridized carbons (Fsp3) is 0.0847. The van der Waals surface area contributed by atoms with Gasteiger partial charge in [0.25, 0.3) is 6.33 Å². The molecule has 8 aromatic carbocycles. The van der Waals surface area contributed by atoms with Crippen LogP contribution in [0.5, 0.6) is 11.5 Å². The monoisotopic (exact) mass is 1030 g/mol. The average molecular weight is 1030 g/mol. The van der Waals surface area contributed by atoms with Gasteiger partial charge >= 0.3 is 0 Å². The predicted octanol–water partition coefficient (Wildman–Crippen LogP) is 14.5. The minimum absolute atomic E-state index is 0. The third-order valence-electron chi connectivity index (χ3n) is 11.8. The maximum absolute atomic E-state index is 9.03. The fourth-order valence-corrected chi connectivity index (χ4v) is 8.71. The number of imidazole rings is 1. The topological polar surface area (TPSA) is 35.9 Å². The Balaban J connectivity index is 0.00000641. The van der Waals surface area contributed by atoms with Crippen LogP contribution in [0.15, 0.2) is 200 Å². The van der Waals surface area contributed by atoms with E-state index in [-0.39, 0.29) is 49.0 Å². The Morgan fingerprint density at radius 1 is 0.615 bits per heavy atom. The summed E-state index contributed by atoms with van der Waals surface area (Å²) in [6, 6.07) is 44.2. The van der Waals surface area contributed by atoms with Crippen LogP contribution in [0.3, 0.4) is 0 Å². The molecule has 0 atom stereocenters. The largest absolute Gasteiger partial charge is 0.510 e. The molecule has 5 nitrogen and oxygen atoms in total. The van der Waals surface area contributed by atoms with Crippen molar-refractivity contribution in [2.24, 2.45) is 0 Å². The Morgan fingerprint density at radius 2 is 1.31 bits per heavy atom. The number of rotatable bonds is 11. The zero-order valence-electron chi connectivity index (χ0n) is 45.3. The van der Waals surface area contributed by atoms with Gasteiger partial charge in [-0.25, -0.2) is 4.98 Å². The molecule has 3 aromatic heterocycles. The van der Waals surface area contributed by atoms with Crippen LogP contribution < -0.4 is 9.30 Å². The van der Waals surface area contributed by atoms with E-state index in [0.717, 1.165) is 51.6 Å². The van der Waals surface area contributed by atoms with Crippen molar-refractivity contribution < 1.29 is 44.1 Å². The van der Waals surface area contributed by atoms with E-state index in [1.165, 1.54) is 5.56 Å². The van der Waals surface area contributed by atoms with Crippen molar-refractivity contribution in [3.05, 3.63) is 224 Å². The van der Waals surface area contributed by atoms with Gasteiger partial charge in [-0.1, -0.05) is 165 Å². The molecule has 0 aliphatic heterocycles. The second-order valence-corrected chi connectivity index (χ2v) is 15.4. The first-order valence-corrected chi connectivity index (χ1v) is 21.2. The molecule has 0 radical (unpaired) electrons. The second kappa shape index (κ2) is 18.0. The second-order valence-electron chi connectivity index (χ2n) is 15.4. The van der Waals surface area contributed by atoms with E-state index in [1.54, 1.807) is 33.4 Å². The van der Waals surface area contributed by atoms with E-state index in [2.05, 4.69) is 79.3 Å². The van der Waals surface area contributed by atoms with Crippen LogP contribution in [0.2, 0.25) is 0 Å². The summed E-state index contributed by atoms with van der Waals surface area (Å²) < 4.78 is 99.3. The van der Waals surface area contributed by atoms with Gasteiger partial charge in [0.1, 0.15) is 5.82 Å². The Hall–Kier alpha value is -7.33. The first-order valence-electron chi connectivity index (χ1n) is 26.2. The first kappa shape index (κ1) is 31.5. The van der Waals surface area contributed by atoms with E-state index < -0.39 is 60.4 Å². The van der Waals surface area contributed by atoms with Gasteiger partial charge in [-0.2, -0.15) is 18.2 Å². The van der Waals surface area contributed by atoms with Gasteiger partial charge < -0.3 is 13.9 Å². The number of para-hydroxylation sites is 3. The third-order valence-corrected chi connectivity index (χ3v) is 11.8. The van der Waals surface area contributed by atoms with E-state index >= 15 is 0 Å². The van der Waals surface area contributed by atoms with Gasteiger partial charge in [-0.3, -0.25) is 4.57 Å². The van der Waals surface area contributed by atoms with Crippen molar-refractivity contribution in [3.63, 3.8) is 0 Å². The minimum Gasteiger partial charge on any atom is -0.510 e. The SMILES string of the molecule is [2H]c1c([2H])c([2H])c(-c2cccc(-c3c([2H])c([2H])c([2H])c([2H])c3[2H])c2-[n+]2[c-]n(-c3[c-]c(Oc4[c-]c5c(cc4)c4cc(-c6ccccc6)ccc4n5-c4cc(C(CC)CC)ccn4)ccc3)c3ccccc32)c([2H])c1[2H].[Pt]. The van der Waals surface area contributed by atoms with Crippen molar-refractivity contribution in [1.82, 2.24) is 14.1 Å². The van der Waals surface area contributed by atoms with E-state index in [1.807, 2.05) is 72.9 Å². The number of nitrogens with zero attached hydrogens (tertiary/aromatic N) is 4. The molecule has 0 aliphatic carbocycles. The summed E-state index contributed by atoms with van der Waals surface area (Å²) in [7, 11) is 0. The molecular weight excluding hydrogens is 976 g/mol. The number of hydrogen-bond donors (Lipinski definition) is 0. The molecular formula is C59H44N4OPt-2. The van der Waals surface area contributed by atoms with Crippen LogP contribution in [-0.2, 0) is 21.1 Å². The van der Waals surface area contributed by atoms with Crippen LogP contribution in [0.4, 0.5) is 0 Å². The van der Waals surface area contributed by atoms with Gasteiger partial charge in [0.05, 0.1) is 30.4 Å². The summed E-state index contributed by atoms with van der Waals surface area (Å²) in [6.07, 6.45) is 7.29. The van der Waals surface area contributed by atoms with E-state index in [9.17, 15) is 0 Å². The van der Waals surface area contributed by atoms with Crippen LogP contribution >= 0.6 is 0 Å². The van der Waals surface area contributed by atoms with Gasteiger partial charge in [0, 0.05) is 44.3 Å². The van der Waals surface area contributed by atoms with Gasteiger partial charge in [-0.05, 0) is 87.0 Å². The Kier molecular flexibility index (Phi) is 8.74. The Morgan fingerprint density at radius 3 is 2.05 bits per heavy atom. The molecule has 0 saturated carbocycles. The molecule has 318 valence electrons. The number of ether oxygens (including phenoxy) is 1. The maximum atomic E-state index is 9.03. The van der Waals surface area contributed by atoms with Crippen molar-refractivity contribution >= 4 is 32.8 Å². The summed E-state index contributed by atoms with van der Waals surface area (Å²) in [5.41, 5.74) is 6.98. The Labute approximate surface area is 408 Å². The molecule has 0 amide bonds. The van der Waals surface area contributed by atoms with Gasteiger partial charge in [-0.15, -0.1) is 29.7 Å². The van der Waals surface area contributed by atoms with Crippen LogP contribution in [0.25, 0.3) is 83.4 Å². The van der Waals surface area contributed by atoms with Gasteiger partial charge in [0.2, 0.25) is 0 Å². The quantitative estimate of drug-likeness (QED) is 0.0956. The molecule has 65 heavy (non-hydrogen) atoms. The van der Waals surface area contributed by atoms with E-state index in [0.29, 0.717) is 34.1 Å². The smallest absolute Gasteiger partial charge is 0.268 e. The van der Waals surface area contributed by atoms with Crippen molar-refractivity contribution in [1.29, 1.82) is 0 Å². The number of fused-ring (bicyclic) bond motifs is 4. The van der Waals surface area contributed by atoms with Crippen molar-refractivity contribution in [2.45, 2.75) is 32.6 Å². The first-order chi connectivity index (χ1) is 35.8. The molecule has 11 rings (SSSR count). The zero-order chi connectivity index (χ0) is 51.7. The van der Waals surface area contributed by atoms with Crippen molar-refractivity contribution in [3.8, 4) is 62.1 Å². The zero-order valence-corrected chi connectivity index (χ0v) is 37.6. The molecule has 11 aromatic rings. The van der Waals surface area contributed by atoms with Crippen LogP contribution in [0, 0.1) is 18.5 Å². The minimum atomic E-state index is -0.572. The number of benzene rings is 8. The number of pyridine rings is 1. The predicted molar refractivity (Wildman–Crippen MR) is 260 cm³/mol. The molecule has 0 aliphatic rings. The Bertz CT molecular complexity index is 3920. The molecule has 0 N–H and O–H groups in total. The van der Waals surface area contributed by atoms with Crippen molar-refractivity contribution in [2.75, 3.05) is 0 Å². The normalized spacial score (nSPS) is 13.5. The van der Waals surface area contributed by atoms with Gasteiger partial charge in [0.15, 0.2) is 0 Å². The molecule has 6 heteroatoms. The summed E-state index contributed by atoms with van der Waals surface area (Å²) in [5, 5.41) is 2.01. The average Bonchev–Trinajstić information content (AvgIpc) is 3.99. The summed E-state index contributed by atoms with van der Waals surface area (Å²) in [6.45, 7) is 4.41. The summed E-state index contributed by atoms with van der Waals surface area (Å²) in [4.78, 5) is 4.91. The third kappa shape index (κ3) is 7.77. The molecule has 3 heterocycles. The summed E-state index contributed by atoms with van der Waals surface area (Å²) >= 11 is 0. The molecule has 0 spiro atoms. The molecule has 0 unspecified atom stereocenters.